The van der Waals surface area contributed by atoms with Gasteiger partial charge < -0.3 is 4.90 Å². The van der Waals surface area contributed by atoms with E-state index in [1.165, 1.54) is 26.9 Å². The monoisotopic (exact) mass is 369 g/mol. The van der Waals surface area contributed by atoms with E-state index in [4.69, 9.17) is 0 Å². The molecule has 1 saturated heterocycles. The quantitative estimate of drug-likeness (QED) is 0.861. The second-order valence-electron chi connectivity index (χ2n) is 6.56. The Balaban J connectivity index is 1.89. The molecule has 24 heavy (non-hydrogen) atoms. The molecule has 2 aromatic heterocycles. The van der Waals surface area contributed by atoms with Crippen LogP contribution in [0.25, 0.3) is 0 Å². The second kappa shape index (κ2) is 6.59. The molecule has 1 aliphatic heterocycles. The van der Waals surface area contributed by atoms with Crippen LogP contribution < -0.4 is 4.90 Å². The first-order valence-electron chi connectivity index (χ1n) is 8.17. The summed E-state index contributed by atoms with van der Waals surface area (Å²) >= 11 is 1.80. The molecule has 0 amide bonds. The molecular weight excluding hydrogens is 344 g/mol. The molecule has 8 heteroatoms. The maximum absolute atomic E-state index is 12.5. The Morgan fingerprint density at radius 2 is 2.17 bits per heavy atom. The van der Waals surface area contributed by atoms with Crippen LogP contribution in [-0.2, 0) is 16.7 Å². The minimum absolute atomic E-state index is 0.346. The Kier molecular flexibility index (Phi) is 4.83. The fourth-order valence-corrected chi connectivity index (χ4v) is 5.69. The van der Waals surface area contributed by atoms with Gasteiger partial charge in [-0.1, -0.05) is 6.07 Å². The lowest BCUT2D eigenvalue weighted by Gasteiger charge is -2.21. The maximum Gasteiger partial charge on any atom is 0.246 e. The van der Waals surface area contributed by atoms with Crippen LogP contribution >= 0.6 is 11.3 Å². The molecule has 0 bridgehead atoms. The Morgan fingerprint density at radius 1 is 1.42 bits per heavy atom. The van der Waals surface area contributed by atoms with Gasteiger partial charge in [0.15, 0.2) is 6.67 Å². The van der Waals surface area contributed by atoms with E-state index in [0.29, 0.717) is 23.3 Å². The summed E-state index contributed by atoms with van der Waals surface area (Å²) in [6, 6.07) is 4.79. The Bertz CT molecular complexity index is 810. The fraction of sp³-hybridized carbons (Fsp3) is 0.562. The molecule has 2 atom stereocenters. The van der Waals surface area contributed by atoms with E-state index in [1.54, 1.807) is 32.4 Å². The summed E-state index contributed by atoms with van der Waals surface area (Å²) in [7, 11) is -0.346. The predicted octanol–water partition coefficient (Wildman–Crippen LogP) is 1.19. The average Bonchev–Trinajstić information content (AvgIpc) is 3.20. The molecule has 3 heterocycles. The topological polar surface area (TPSA) is 59.6 Å². The van der Waals surface area contributed by atoms with E-state index in [0.717, 1.165) is 12.2 Å². The number of thiophene rings is 1. The lowest BCUT2D eigenvalue weighted by atomic mass is 10.2. The number of hydrogen-bond acceptors (Lipinski definition) is 4. The van der Waals surface area contributed by atoms with Gasteiger partial charge >= 0.3 is 0 Å². The summed E-state index contributed by atoms with van der Waals surface area (Å²) in [5.74, 6) is 0. The van der Waals surface area contributed by atoms with Crippen molar-refractivity contribution < 1.29 is 13.3 Å². The van der Waals surface area contributed by atoms with Crippen LogP contribution in [0.5, 0.6) is 0 Å². The van der Waals surface area contributed by atoms with Gasteiger partial charge in [0, 0.05) is 26.9 Å². The highest BCUT2D eigenvalue weighted by Crippen LogP contribution is 2.25. The van der Waals surface area contributed by atoms with E-state index in [-0.39, 0.29) is 0 Å². The maximum atomic E-state index is 12.5. The van der Waals surface area contributed by atoms with E-state index in [1.807, 2.05) is 11.6 Å². The number of aromatic nitrogens is 2. The number of sulfonamides is 1. The molecule has 1 aliphatic rings. The van der Waals surface area contributed by atoms with Crippen molar-refractivity contribution in [1.29, 1.82) is 0 Å². The zero-order valence-electron chi connectivity index (χ0n) is 14.6. The van der Waals surface area contributed by atoms with Crippen LogP contribution in [0.4, 0.5) is 0 Å². The molecule has 0 aromatic carbocycles. The van der Waals surface area contributed by atoms with E-state index >= 15 is 0 Å². The largest absolute Gasteiger partial charge is 0.310 e. The van der Waals surface area contributed by atoms with Gasteiger partial charge in [0.05, 0.1) is 22.8 Å². The molecule has 2 aromatic rings. The smallest absolute Gasteiger partial charge is 0.246 e. The van der Waals surface area contributed by atoms with Crippen LogP contribution in [0.1, 0.15) is 35.1 Å². The highest BCUT2D eigenvalue weighted by molar-refractivity contribution is 7.89. The Morgan fingerprint density at radius 3 is 2.79 bits per heavy atom. The van der Waals surface area contributed by atoms with Crippen LogP contribution in [0, 0.1) is 13.8 Å². The first-order chi connectivity index (χ1) is 11.3. The van der Waals surface area contributed by atoms with Gasteiger partial charge in [-0.25, -0.2) is 17.4 Å². The Labute approximate surface area is 147 Å². The van der Waals surface area contributed by atoms with Crippen molar-refractivity contribution >= 4 is 21.4 Å². The standard InChI is InChI=1S/C16H24N4O2S2/c1-12-16(24(21,22)18(3)4)13(2)20(17-12)11-19-9-5-7-14(19)15-8-6-10-23-15/h6,8,10,14H,5,7,9,11H2,1-4H3/p+1/t14-/m0/s1. The second-order valence-corrected chi connectivity index (χ2v) is 9.63. The van der Waals surface area contributed by atoms with Gasteiger partial charge in [-0.15, -0.1) is 11.3 Å². The minimum atomic E-state index is -3.46. The zero-order chi connectivity index (χ0) is 17.5. The molecule has 0 radical (unpaired) electrons. The first-order valence-corrected chi connectivity index (χ1v) is 10.5. The molecule has 6 nitrogen and oxygen atoms in total. The fourth-order valence-electron chi connectivity index (χ4n) is 3.52. The van der Waals surface area contributed by atoms with E-state index in [9.17, 15) is 8.42 Å². The van der Waals surface area contributed by atoms with Crippen LogP contribution in [0.2, 0.25) is 0 Å². The number of likely N-dealkylation sites (tertiary alicyclic amines) is 1. The summed E-state index contributed by atoms with van der Waals surface area (Å²) in [4.78, 5) is 3.21. The molecule has 0 aliphatic carbocycles. The van der Waals surface area contributed by atoms with Gasteiger partial charge in [0.2, 0.25) is 10.0 Å². The van der Waals surface area contributed by atoms with Gasteiger partial charge in [0.1, 0.15) is 10.9 Å². The van der Waals surface area contributed by atoms with Gasteiger partial charge in [0.25, 0.3) is 0 Å². The molecule has 3 rings (SSSR count). The number of aryl methyl sites for hydroxylation is 1. The van der Waals surface area contributed by atoms with E-state index < -0.39 is 10.0 Å². The normalized spacial score (nSPS) is 21.7. The van der Waals surface area contributed by atoms with E-state index in [2.05, 4.69) is 22.6 Å². The summed E-state index contributed by atoms with van der Waals surface area (Å²) < 4.78 is 28.2. The number of nitrogens with one attached hydrogen (secondary N) is 1. The number of rotatable bonds is 5. The van der Waals surface area contributed by atoms with Crippen molar-refractivity contribution in [3.63, 3.8) is 0 Å². The van der Waals surface area contributed by atoms with Crippen LogP contribution in [-0.4, -0.2) is 43.1 Å². The van der Waals surface area contributed by atoms with Gasteiger partial charge in [-0.05, 0) is 25.3 Å². The predicted molar refractivity (Wildman–Crippen MR) is 94.7 cm³/mol. The van der Waals surface area contributed by atoms with Crippen molar-refractivity contribution in [3.8, 4) is 0 Å². The Hall–Kier alpha value is -1.22. The average molecular weight is 370 g/mol. The van der Waals surface area contributed by atoms with Gasteiger partial charge in [-0.2, -0.15) is 5.10 Å². The van der Waals surface area contributed by atoms with Crippen molar-refractivity contribution in [2.75, 3.05) is 20.6 Å². The summed E-state index contributed by atoms with van der Waals surface area (Å²) in [6.07, 6.45) is 2.37. The van der Waals surface area contributed by atoms with Crippen molar-refractivity contribution in [1.82, 2.24) is 14.1 Å². The molecule has 0 spiro atoms. The highest BCUT2D eigenvalue weighted by atomic mass is 32.2. The third kappa shape index (κ3) is 3.03. The number of nitrogens with zero attached hydrogens (tertiary/aromatic N) is 3. The van der Waals surface area contributed by atoms with Crippen molar-refractivity contribution in [3.05, 3.63) is 33.8 Å². The summed E-state index contributed by atoms with van der Waals surface area (Å²) in [5.41, 5.74) is 1.30. The van der Waals surface area contributed by atoms with Gasteiger partial charge in [-0.3, -0.25) is 0 Å². The molecule has 1 N–H and O–H groups in total. The van der Waals surface area contributed by atoms with Crippen LogP contribution in [0.3, 0.4) is 0 Å². The molecule has 1 fully saturated rings. The van der Waals surface area contributed by atoms with Crippen molar-refractivity contribution in [2.45, 2.75) is 44.3 Å². The lowest BCUT2D eigenvalue weighted by molar-refractivity contribution is -0.941. The lowest BCUT2D eigenvalue weighted by Crippen LogP contribution is -3.09. The molecule has 0 saturated carbocycles. The molecule has 1 unspecified atom stereocenters. The molecule has 132 valence electrons. The SMILES string of the molecule is Cc1nn(C[NH+]2CCC[C@H]2c2cccs2)c(C)c1S(=O)(=O)N(C)C. The third-order valence-electron chi connectivity index (χ3n) is 4.78. The zero-order valence-corrected chi connectivity index (χ0v) is 16.2. The summed E-state index contributed by atoms with van der Waals surface area (Å²) in [6.45, 7) is 5.43. The highest BCUT2D eigenvalue weighted by Gasteiger charge is 2.33. The van der Waals surface area contributed by atoms with Crippen LogP contribution in [0.15, 0.2) is 22.4 Å². The summed E-state index contributed by atoms with van der Waals surface area (Å²) in [5, 5.41) is 6.65. The third-order valence-corrected chi connectivity index (χ3v) is 7.83. The molecular formula is C16H25N4O2S2+. The van der Waals surface area contributed by atoms with Crippen molar-refractivity contribution in [2.24, 2.45) is 0 Å². The minimum Gasteiger partial charge on any atom is -0.310 e. The number of hydrogen-bond donors (Lipinski definition) is 1. The first kappa shape index (κ1) is 17.6. The number of quaternary nitrogens is 1.